The van der Waals surface area contributed by atoms with Crippen LogP contribution in [0.2, 0.25) is 0 Å². The fraction of sp³-hybridized carbons (Fsp3) is 0.600. The summed E-state index contributed by atoms with van der Waals surface area (Å²) in [5.74, 6) is 0.768. The molecule has 4 atom stereocenters. The summed E-state index contributed by atoms with van der Waals surface area (Å²) < 4.78 is 5.14. The van der Waals surface area contributed by atoms with Gasteiger partial charge in [-0.15, -0.1) is 0 Å². The Hall–Kier alpha value is -1.28. The van der Waals surface area contributed by atoms with Crippen LogP contribution in [0, 0.1) is 22.7 Å². The second-order valence-corrected chi connectivity index (χ2v) is 8.12. The summed E-state index contributed by atoms with van der Waals surface area (Å²) in [6.45, 7) is 11.4. The minimum Gasteiger partial charge on any atom is -0.472 e. The summed E-state index contributed by atoms with van der Waals surface area (Å²) in [5.41, 5.74) is 2.54. The Balaban J connectivity index is 1.96. The highest BCUT2D eigenvalue weighted by Gasteiger charge is 2.54. The van der Waals surface area contributed by atoms with E-state index in [0.717, 1.165) is 17.6 Å². The molecule has 0 radical (unpaired) electrons. The van der Waals surface area contributed by atoms with Crippen molar-refractivity contribution < 1.29 is 9.52 Å². The molecule has 2 aliphatic rings. The average Bonchev–Trinajstić information content (AvgIpc) is 2.94. The normalized spacial score (nSPS) is 38.2. The molecule has 2 saturated carbocycles. The van der Waals surface area contributed by atoms with Gasteiger partial charge in [-0.25, -0.2) is 0 Å². The summed E-state index contributed by atoms with van der Waals surface area (Å²) in [4.78, 5) is 0. The standard InChI is InChI=1S/C20H28O2/c1-14-16(7-6-15-8-11-22-13-15)20(4)10-5-9-19(2,3)18(20)12-17(14)21/h6-8,11,13,16-18,21H,1,5,9-10,12H2,2-4H3/t16?,17?,18?,20-/m1/s1. The van der Waals surface area contributed by atoms with E-state index in [1.165, 1.54) is 19.3 Å². The van der Waals surface area contributed by atoms with Crippen LogP contribution in [0.5, 0.6) is 0 Å². The largest absolute Gasteiger partial charge is 0.472 e. The first-order chi connectivity index (χ1) is 10.3. The number of fused-ring (bicyclic) bond motifs is 1. The highest BCUT2D eigenvalue weighted by molar-refractivity contribution is 5.49. The van der Waals surface area contributed by atoms with Crippen LogP contribution in [0.4, 0.5) is 0 Å². The van der Waals surface area contributed by atoms with Gasteiger partial charge >= 0.3 is 0 Å². The van der Waals surface area contributed by atoms with Gasteiger partial charge in [0.25, 0.3) is 0 Å². The van der Waals surface area contributed by atoms with E-state index in [4.69, 9.17) is 4.42 Å². The third-order valence-electron chi connectivity index (χ3n) is 6.30. The lowest BCUT2D eigenvalue weighted by molar-refractivity contribution is -0.0697. The molecule has 1 N–H and O–H groups in total. The van der Waals surface area contributed by atoms with Crippen LogP contribution in [0.1, 0.15) is 52.0 Å². The summed E-state index contributed by atoms with van der Waals surface area (Å²) >= 11 is 0. The molecule has 2 nitrogen and oxygen atoms in total. The van der Waals surface area contributed by atoms with Crippen molar-refractivity contribution in [2.75, 3.05) is 0 Å². The van der Waals surface area contributed by atoms with Gasteiger partial charge in [0, 0.05) is 11.5 Å². The van der Waals surface area contributed by atoms with Crippen molar-refractivity contribution in [2.24, 2.45) is 22.7 Å². The van der Waals surface area contributed by atoms with Gasteiger partial charge in [0.1, 0.15) is 0 Å². The van der Waals surface area contributed by atoms with Crippen molar-refractivity contribution in [3.8, 4) is 0 Å². The van der Waals surface area contributed by atoms with E-state index in [1.54, 1.807) is 12.5 Å². The minimum absolute atomic E-state index is 0.193. The van der Waals surface area contributed by atoms with Crippen molar-refractivity contribution in [2.45, 2.75) is 52.6 Å². The summed E-state index contributed by atoms with van der Waals surface area (Å²) in [7, 11) is 0. The van der Waals surface area contributed by atoms with Crippen LogP contribution in [-0.2, 0) is 0 Å². The summed E-state index contributed by atoms with van der Waals surface area (Å²) in [6, 6.07) is 1.96. The maximum atomic E-state index is 10.5. The molecule has 3 unspecified atom stereocenters. The molecule has 2 fully saturated rings. The highest BCUT2D eigenvalue weighted by atomic mass is 16.3. The molecule has 0 bridgehead atoms. The number of rotatable bonds is 2. The number of aliphatic hydroxyl groups is 1. The van der Waals surface area contributed by atoms with Gasteiger partial charge in [0.05, 0.1) is 18.6 Å². The molecule has 1 heterocycles. The number of allylic oxidation sites excluding steroid dienone is 1. The zero-order valence-electron chi connectivity index (χ0n) is 14.0. The van der Waals surface area contributed by atoms with Crippen molar-refractivity contribution >= 4 is 6.08 Å². The topological polar surface area (TPSA) is 33.4 Å². The van der Waals surface area contributed by atoms with Crippen molar-refractivity contribution in [1.29, 1.82) is 0 Å². The van der Waals surface area contributed by atoms with Gasteiger partial charge in [-0.05, 0) is 47.6 Å². The lowest BCUT2D eigenvalue weighted by atomic mass is 9.47. The van der Waals surface area contributed by atoms with E-state index >= 15 is 0 Å². The van der Waals surface area contributed by atoms with E-state index in [0.29, 0.717) is 5.92 Å². The third kappa shape index (κ3) is 2.48. The Labute approximate surface area is 133 Å². The fourth-order valence-corrected chi connectivity index (χ4v) is 5.05. The first-order valence-electron chi connectivity index (χ1n) is 8.42. The molecule has 0 amide bonds. The smallest absolute Gasteiger partial charge is 0.0974 e. The van der Waals surface area contributed by atoms with Gasteiger partial charge in [-0.1, -0.05) is 45.9 Å². The Morgan fingerprint density at radius 1 is 1.32 bits per heavy atom. The van der Waals surface area contributed by atoms with Crippen LogP contribution in [0.25, 0.3) is 6.08 Å². The van der Waals surface area contributed by atoms with E-state index in [-0.39, 0.29) is 22.9 Å². The Morgan fingerprint density at radius 3 is 2.77 bits per heavy atom. The molecule has 3 rings (SSSR count). The van der Waals surface area contributed by atoms with Gasteiger partial charge in [0.15, 0.2) is 0 Å². The van der Waals surface area contributed by atoms with Gasteiger partial charge in [-0.3, -0.25) is 0 Å². The quantitative estimate of drug-likeness (QED) is 0.774. The predicted octanol–water partition coefficient (Wildman–Crippen LogP) is 5.06. The Morgan fingerprint density at radius 2 is 2.09 bits per heavy atom. The van der Waals surface area contributed by atoms with Gasteiger partial charge in [-0.2, -0.15) is 0 Å². The van der Waals surface area contributed by atoms with Crippen molar-refractivity contribution in [3.63, 3.8) is 0 Å². The maximum Gasteiger partial charge on any atom is 0.0974 e. The van der Waals surface area contributed by atoms with Crippen LogP contribution in [0.3, 0.4) is 0 Å². The molecular weight excluding hydrogens is 272 g/mol. The van der Waals surface area contributed by atoms with Crippen LogP contribution in [-0.4, -0.2) is 11.2 Å². The van der Waals surface area contributed by atoms with Crippen LogP contribution < -0.4 is 0 Å². The zero-order valence-corrected chi connectivity index (χ0v) is 14.0. The monoisotopic (exact) mass is 300 g/mol. The van der Waals surface area contributed by atoms with Gasteiger partial charge < -0.3 is 9.52 Å². The lowest BCUT2D eigenvalue weighted by Crippen LogP contribution is -2.52. The zero-order chi connectivity index (χ0) is 16.0. The number of aliphatic hydroxyl groups excluding tert-OH is 1. The molecule has 120 valence electrons. The lowest BCUT2D eigenvalue weighted by Gasteiger charge is -2.58. The maximum absolute atomic E-state index is 10.5. The average molecular weight is 300 g/mol. The predicted molar refractivity (Wildman–Crippen MR) is 90.2 cm³/mol. The SMILES string of the molecule is C=C1C(O)CC2C(C)(C)CCC[C@]2(C)C1C=Cc1ccoc1. The molecule has 0 aliphatic heterocycles. The van der Waals surface area contributed by atoms with E-state index in [9.17, 15) is 5.11 Å². The van der Waals surface area contributed by atoms with Crippen LogP contribution in [0.15, 0.2) is 41.2 Å². The second-order valence-electron chi connectivity index (χ2n) is 8.12. The number of hydrogen-bond donors (Lipinski definition) is 1. The third-order valence-corrected chi connectivity index (χ3v) is 6.30. The van der Waals surface area contributed by atoms with E-state index < -0.39 is 0 Å². The summed E-state index contributed by atoms with van der Waals surface area (Å²) in [5, 5.41) is 10.5. The molecule has 1 aromatic rings. The fourth-order valence-electron chi connectivity index (χ4n) is 5.05. The number of hydrogen-bond acceptors (Lipinski definition) is 2. The molecule has 2 heteroatoms. The second kappa shape index (κ2) is 5.42. The number of furan rings is 1. The Kier molecular flexibility index (Phi) is 3.84. The first-order valence-corrected chi connectivity index (χ1v) is 8.42. The molecule has 0 spiro atoms. The molecule has 1 aromatic heterocycles. The van der Waals surface area contributed by atoms with Crippen molar-refractivity contribution in [3.05, 3.63) is 42.4 Å². The first kappa shape index (κ1) is 15.6. The summed E-state index contributed by atoms with van der Waals surface area (Å²) in [6.07, 6.45) is 12.0. The molecule has 0 saturated heterocycles. The van der Waals surface area contributed by atoms with E-state index in [2.05, 4.69) is 39.5 Å². The molecule has 0 aromatic carbocycles. The van der Waals surface area contributed by atoms with Crippen molar-refractivity contribution in [1.82, 2.24) is 0 Å². The molecule has 22 heavy (non-hydrogen) atoms. The molecule has 2 aliphatic carbocycles. The molecular formula is C20H28O2. The van der Waals surface area contributed by atoms with E-state index in [1.807, 2.05) is 6.07 Å². The Bertz CT molecular complexity index is 567. The minimum atomic E-state index is -0.380. The van der Waals surface area contributed by atoms with Crippen LogP contribution >= 0.6 is 0 Å². The highest BCUT2D eigenvalue weighted by Crippen LogP contribution is 2.61. The van der Waals surface area contributed by atoms with Gasteiger partial charge in [0.2, 0.25) is 0 Å².